The van der Waals surface area contributed by atoms with Gasteiger partial charge in [-0.2, -0.15) is 4.31 Å². The molecule has 0 unspecified atom stereocenters. The van der Waals surface area contributed by atoms with Gasteiger partial charge in [-0.05, 0) is 43.9 Å². The van der Waals surface area contributed by atoms with Gasteiger partial charge in [0, 0.05) is 19.0 Å². The Morgan fingerprint density at radius 2 is 1.80 bits per heavy atom. The average molecular weight is 318 g/mol. The van der Waals surface area contributed by atoms with Crippen molar-refractivity contribution in [3.8, 4) is 0 Å². The zero-order chi connectivity index (χ0) is 14.8. The Morgan fingerprint density at radius 3 is 2.30 bits per heavy atom. The van der Waals surface area contributed by atoms with E-state index < -0.39 is 15.6 Å². The lowest BCUT2D eigenvalue weighted by atomic mass is 9.95. The zero-order valence-electron chi connectivity index (χ0n) is 11.5. The first-order valence-corrected chi connectivity index (χ1v) is 8.70. The van der Waals surface area contributed by atoms with Crippen LogP contribution in [0.15, 0.2) is 29.2 Å². The van der Waals surface area contributed by atoms with Crippen LogP contribution in [0.25, 0.3) is 0 Å². The summed E-state index contributed by atoms with van der Waals surface area (Å²) in [7, 11) is -3.45. The van der Waals surface area contributed by atoms with Crippen molar-refractivity contribution >= 4 is 21.6 Å². The quantitative estimate of drug-likeness (QED) is 0.864. The fourth-order valence-corrected chi connectivity index (χ4v) is 3.95. The molecule has 6 heteroatoms. The van der Waals surface area contributed by atoms with Crippen LogP contribution in [0.2, 0.25) is 0 Å². The van der Waals surface area contributed by atoms with E-state index in [2.05, 4.69) is 0 Å². The molecule has 1 N–H and O–H groups in total. The van der Waals surface area contributed by atoms with Gasteiger partial charge in [-0.1, -0.05) is 12.1 Å². The molecule has 0 amide bonds. The van der Waals surface area contributed by atoms with E-state index in [9.17, 15) is 13.5 Å². The molecule has 0 radical (unpaired) electrons. The summed E-state index contributed by atoms with van der Waals surface area (Å²) in [5.41, 5.74) is 0.275. The van der Waals surface area contributed by atoms with Gasteiger partial charge in [-0.25, -0.2) is 8.42 Å². The Morgan fingerprint density at radius 1 is 1.25 bits per heavy atom. The highest BCUT2D eigenvalue weighted by Gasteiger charge is 2.33. The number of alkyl halides is 1. The predicted molar refractivity (Wildman–Crippen MR) is 79.5 cm³/mol. The van der Waals surface area contributed by atoms with E-state index >= 15 is 0 Å². The SMILES string of the molecule is CC1(O)CCN(S(=O)(=O)c2ccc(CCCl)cc2)CC1. The first kappa shape index (κ1) is 15.8. The third kappa shape index (κ3) is 3.52. The summed E-state index contributed by atoms with van der Waals surface area (Å²) in [5.74, 6) is 0.521. The third-order valence-corrected chi connectivity index (χ3v) is 5.85. The van der Waals surface area contributed by atoms with Crippen LogP contribution < -0.4 is 0 Å². The van der Waals surface area contributed by atoms with Gasteiger partial charge in [0.25, 0.3) is 0 Å². The van der Waals surface area contributed by atoms with Crippen molar-refractivity contribution in [3.63, 3.8) is 0 Å². The molecule has 1 heterocycles. The molecule has 1 saturated heterocycles. The van der Waals surface area contributed by atoms with Crippen LogP contribution in [0, 0.1) is 0 Å². The summed E-state index contributed by atoms with van der Waals surface area (Å²) in [6.07, 6.45) is 1.67. The van der Waals surface area contributed by atoms with Gasteiger partial charge in [0.15, 0.2) is 0 Å². The Balaban J connectivity index is 2.14. The molecule has 1 fully saturated rings. The minimum Gasteiger partial charge on any atom is -0.390 e. The van der Waals surface area contributed by atoms with Crippen molar-refractivity contribution < 1.29 is 13.5 Å². The summed E-state index contributed by atoms with van der Waals surface area (Å²) in [5, 5.41) is 9.89. The van der Waals surface area contributed by atoms with Crippen LogP contribution in [0.1, 0.15) is 25.3 Å². The summed E-state index contributed by atoms with van der Waals surface area (Å²) >= 11 is 5.66. The number of sulfonamides is 1. The molecule has 2 rings (SSSR count). The molecular weight excluding hydrogens is 298 g/mol. The molecule has 0 saturated carbocycles. The van der Waals surface area contributed by atoms with Crippen LogP contribution in [0.5, 0.6) is 0 Å². The largest absolute Gasteiger partial charge is 0.390 e. The molecule has 1 aromatic rings. The van der Waals surface area contributed by atoms with Crippen molar-refractivity contribution in [1.82, 2.24) is 4.31 Å². The fraction of sp³-hybridized carbons (Fsp3) is 0.571. The minimum absolute atomic E-state index is 0.303. The summed E-state index contributed by atoms with van der Waals surface area (Å²) in [6, 6.07) is 6.86. The Labute approximate surface area is 125 Å². The van der Waals surface area contributed by atoms with Gasteiger partial charge in [-0.3, -0.25) is 0 Å². The molecule has 0 bridgehead atoms. The number of rotatable bonds is 4. The lowest BCUT2D eigenvalue weighted by molar-refractivity contribution is 0.0126. The highest BCUT2D eigenvalue weighted by Crippen LogP contribution is 2.26. The van der Waals surface area contributed by atoms with E-state index in [0.29, 0.717) is 36.7 Å². The molecule has 1 aromatic carbocycles. The summed E-state index contributed by atoms with van der Waals surface area (Å²) in [6.45, 7) is 2.47. The number of hydrogen-bond acceptors (Lipinski definition) is 3. The molecule has 1 aliphatic heterocycles. The number of halogens is 1. The molecule has 0 atom stereocenters. The van der Waals surface area contributed by atoms with Crippen molar-refractivity contribution in [2.45, 2.75) is 36.7 Å². The topological polar surface area (TPSA) is 57.6 Å². The molecular formula is C14H20ClNO3S. The lowest BCUT2D eigenvalue weighted by Gasteiger charge is -2.34. The second kappa shape index (κ2) is 6.02. The standard InChI is InChI=1S/C14H20ClNO3S/c1-14(17)7-10-16(11-8-14)20(18,19)13-4-2-12(3-5-13)6-9-15/h2-5,17H,6-11H2,1H3. The lowest BCUT2D eigenvalue weighted by Crippen LogP contribution is -2.45. The fourth-order valence-electron chi connectivity index (χ4n) is 2.29. The van der Waals surface area contributed by atoms with E-state index in [4.69, 9.17) is 11.6 Å². The monoisotopic (exact) mass is 317 g/mol. The third-order valence-electron chi connectivity index (χ3n) is 3.74. The summed E-state index contributed by atoms with van der Waals surface area (Å²) < 4.78 is 26.4. The van der Waals surface area contributed by atoms with Crippen LogP contribution in [-0.4, -0.2) is 42.4 Å². The molecule has 0 spiro atoms. The zero-order valence-corrected chi connectivity index (χ0v) is 13.1. The second-order valence-electron chi connectivity index (χ2n) is 5.48. The van der Waals surface area contributed by atoms with Gasteiger partial charge >= 0.3 is 0 Å². The first-order valence-electron chi connectivity index (χ1n) is 6.73. The molecule has 0 aliphatic carbocycles. The smallest absolute Gasteiger partial charge is 0.243 e. The predicted octanol–water partition coefficient (Wildman–Crippen LogP) is 2.00. The van der Waals surface area contributed by atoms with Crippen LogP contribution in [0.3, 0.4) is 0 Å². The van der Waals surface area contributed by atoms with Crippen molar-refractivity contribution in [3.05, 3.63) is 29.8 Å². The number of piperidine rings is 1. The maximum absolute atomic E-state index is 12.5. The van der Waals surface area contributed by atoms with Gasteiger partial charge in [0.05, 0.1) is 10.5 Å². The van der Waals surface area contributed by atoms with E-state index in [-0.39, 0.29) is 0 Å². The summed E-state index contributed by atoms with van der Waals surface area (Å²) in [4.78, 5) is 0.303. The average Bonchev–Trinajstić information content (AvgIpc) is 2.39. The van der Waals surface area contributed by atoms with Crippen molar-refractivity contribution in [2.75, 3.05) is 19.0 Å². The molecule has 20 heavy (non-hydrogen) atoms. The van der Waals surface area contributed by atoms with Crippen molar-refractivity contribution in [2.24, 2.45) is 0 Å². The van der Waals surface area contributed by atoms with Crippen LogP contribution >= 0.6 is 11.6 Å². The van der Waals surface area contributed by atoms with Gasteiger partial charge < -0.3 is 5.11 Å². The number of nitrogens with zero attached hydrogens (tertiary/aromatic N) is 1. The maximum atomic E-state index is 12.5. The number of hydrogen-bond donors (Lipinski definition) is 1. The van der Waals surface area contributed by atoms with E-state index in [1.54, 1.807) is 31.2 Å². The van der Waals surface area contributed by atoms with Gasteiger partial charge in [0.1, 0.15) is 0 Å². The Bertz CT molecular complexity index is 544. The molecule has 112 valence electrons. The Hall–Kier alpha value is -0.620. The number of benzene rings is 1. The van der Waals surface area contributed by atoms with Gasteiger partial charge in [0.2, 0.25) is 10.0 Å². The molecule has 0 aromatic heterocycles. The van der Waals surface area contributed by atoms with E-state index in [0.717, 1.165) is 12.0 Å². The normalized spacial score (nSPS) is 19.9. The highest BCUT2D eigenvalue weighted by atomic mass is 35.5. The Kier molecular flexibility index (Phi) is 4.74. The number of aliphatic hydroxyl groups is 1. The van der Waals surface area contributed by atoms with Crippen LogP contribution in [-0.2, 0) is 16.4 Å². The van der Waals surface area contributed by atoms with Gasteiger partial charge in [-0.15, -0.1) is 11.6 Å². The second-order valence-corrected chi connectivity index (χ2v) is 7.80. The number of aryl methyl sites for hydroxylation is 1. The minimum atomic E-state index is -3.45. The first-order chi connectivity index (χ1) is 9.35. The molecule has 1 aliphatic rings. The molecule has 4 nitrogen and oxygen atoms in total. The maximum Gasteiger partial charge on any atom is 0.243 e. The van der Waals surface area contributed by atoms with E-state index in [1.165, 1.54) is 4.31 Å². The van der Waals surface area contributed by atoms with Crippen molar-refractivity contribution in [1.29, 1.82) is 0 Å². The van der Waals surface area contributed by atoms with E-state index in [1.807, 2.05) is 0 Å². The highest BCUT2D eigenvalue weighted by molar-refractivity contribution is 7.89. The van der Waals surface area contributed by atoms with Crippen LogP contribution in [0.4, 0.5) is 0 Å².